The van der Waals surface area contributed by atoms with Gasteiger partial charge in [0.2, 0.25) is 17.7 Å². The van der Waals surface area contributed by atoms with Crippen molar-refractivity contribution in [1.82, 2.24) is 20.9 Å². The molecule has 0 aliphatic carbocycles. The maximum Gasteiger partial charge on any atom is 0.240 e. The molecule has 0 aromatic rings. The molecule has 0 aliphatic heterocycles. The molecule has 0 spiro atoms. The van der Waals surface area contributed by atoms with Crippen molar-refractivity contribution >= 4 is 17.7 Å². The van der Waals surface area contributed by atoms with E-state index in [9.17, 15) is 14.4 Å². The van der Waals surface area contributed by atoms with Gasteiger partial charge >= 0.3 is 0 Å². The molecule has 0 heterocycles. The first-order valence-corrected chi connectivity index (χ1v) is 6.76. The molecule has 0 rings (SSSR count). The lowest BCUT2D eigenvalue weighted by atomic mass is 9.98. The topological polar surface area (TPSA) is 90.5 Å². The highest BCUT2D eigenvalue weighted by molar-refractivity contribution is 5.89. The number of hydrogen-bond donors (Lipinski definition) is 3. The Hall–Kier alpha value is -1.63. The fourth-order valence-corrected chi connectivity index (χ4v) is 1.74. The molecule has 0 aromatic carbocycles. The maximum atomic E-state index is 12.2. The number of nitrogens with one attached hydrogen (secondary N) is 3. The minimum absolute atomic E-state index is 0.0650. The molecule has 3 N–H and O–H groups in total. The van der Waals surface area contributed by atoms with Crippen LogP contribution in [0, 0.1) is 5.92 Å². The van der Waals surface area contributed by atoms with Gasteiger partial charge in [-0.3, -0.25) is 14.4 Å². The zero-order valence-electron chi connectivity index (χ0n) is 12.9. The molecule has 0 fully saturated rings. The number of carbonyl (C=O) groups is 3. The summed E-state index contributed by atoms with van der Waals surface area (Å²) in [7, 11) is 4.80. The summed E-state index contributed by atoms with van der Waals surface area (Å²) in [5, 5.41) is 7.84. The molecule has 0 saturated heterocycles. The van der Waals surface area contributed by atoms with Gasteiger partial charge in [-0.25, -0.2) is 0 Å². The van der Waals surface area contributed by atoms with Crippen molar-refractivity contribution in [2.24, 2.45) is 5.92 Å². The van der Waals surface area contributed by atoms with E-state index in [0.717, 1.165) is 6.42 Å². The molecule has 7 heteroatoms. The molecular formula is C13H26N4O3. The average molecular weight is 286 g/mol. The molecule has 2 atom stereocenters. The summed E-state index contributed by atoms with van der Waals surface area (Å²) >= 11 is 0. The SMILES string of the molecule is CCC(C)C(NC)C(=O)N(C)CC(=O)NCC(=O)NC. The van der Waals surface area contributed by atoms with Crippen molar-refractivity contribution in [3.05, 3.63) is 0 Å². The summed E-state index contributed by atoms with van der Waals surface area (Å²) < 4.78 is 0. The number of rotatable bonds is 8. The largest absolute Gasteiger partial charge is 0.358 e. The van der Waals surface area contributed by atoms with Crippen molar-refractivity contribution in [1.29, 1.82) is 0 Å². The van der Waals surface area contributed by atoms with Crippen molar-refractivity contribution < 1.29 is 14.4 Å². The van der Waals surface area contributed by atoms with Crippen LogP contribution in [0.15, 0.2) is 0 Å². The van der Waals surface area contributed by atoms with Crippen LogP contribution in [0.2, 0.25) is 0 Å². The molecule has 116 valence electrons. The van der Waals surface area contributed by atoms with Crippen LogP contribution in [0.25, 0.3) is 0 Å². The molecule has 7 nitrogen and oxygen atoms in total. The molecule has 0 aliphatic rings. The third kappa shape index (κ3) is 6.01. The fourth-order valence-electron chi connectivity index (χ4n) is 1.74. The van der Waals surface area contributed by atoms with E-state index in [1.54, 1.807) is 14.1 Å². The molecule has 2 unspecified atom stereocenters. The zero-order chi connectivity index (χ0) is 15.7. The zero-order valence-corrected chi connectivity index (χ0v) is 12.9. The lowest BCUT2D eigenvalue weighted by Gasteiger charge is -2.26. The first-order valence-electron chi connectivity index (χ1n) is 6.76. The minimum Gasteiger partial charge on any atom is -0.358 e. The quantitative estimate of drug-likeness (QED) is 0.530. The maximum absolute atomic E-state index is 12.2. The van der Waals surface area contributed by atoms with E-state index in [4.69, 9.17) is 0 Å². The van der Waals surface area contributed by atoms with E-state index >= 15 is 0 Å². The normalized spacial score (nSPS) is 13.2. The van der Waals surface area contributed by atoms with E-state index in [0.29, 0.717) is 0 Å². The van der Waals surface area contributed by atoms with Gasteiger partial charge in [0.1, 0.15) is 0 Å². The van der Waals surface area contributed by atoms with Crippen molar-refractivity contribution in [2.75, 3.05) is 34.2 Å². The second kappa shape index (κ2) is 9.30. The van der Waals surface area contributed by atoms with Crippen LogP contribution in [0.5, 0.6) is 0 Å². The second-order valence-electron chi connectivity index (χ2n) is 4.80. The van der Waals surface area contributed by atoms with Crippen LogP contribution < -0.4 is 16.0 Å². The Bertz CT molecular complexity index is 347. The minimum atomic E-state index is -0.358. The Kier molecular flexibility index (Phi) is 8.54. The Morgan fingerprint density at radius 3 is 2.20 bits per heavy atom. The molecule has 20 heavy (non-hydrogen) atoms. The third-order valence-corrected chi connectivity index (χ3v) is 3.27. The Balaban J connectivity index is 4.37. The van der Waals surface area contributed by atoms with Gasteiger partial charge < -0.3 is 20.9 Å². The van der Waals surface area contributed by atoms with Gasteiger partial charge in [-0.05, 0) is 13.0 Å². The number of likely N-dealkylation sites (N-methyl/N-ethyl adjacent to an activating group) is 3. The highest BCUT2D eigenvalue weighted by Crippen LogP contribution is 2.09. The van der Waals surface area contributed by atoms with Crippen LogP contribution in [0.4, 0.5) is 0 Å². The lowest BCUT2D eigenvalue weighted by Crippen LogP contribution is -2.50. The standard InChI is InChI=1S/C13H26N4O3/c1-6-9(2)12(15-4)13(20)17(5)8-11(19)16-7-10(18)14-3/h9,12,15H,6-8H2,1-5H3,(H,14,18)(H,16,19). The number of amides is 3. The number of nitrogens with zero attached hydrogens (tertiary/aromatic N) is 1. The lowest BCUT2D eigenvalue weighted by molar-refractivity contribution is -0.137. The van der Waals surface area contributed by atoms with Gasteiger partial charge in [-0.15, -0.1) is 0 Å². The molecule has 0 saturated carbocycles. The number of hydrogen-bond acceptors (Lipinski definition) is 4. The Morgan fingerprint density at radius 2 is 1.75 bits per heavy atom. The van der Waals surface area contributed by atoms with E-state index < -0.39 is 0 Å². The summed E-state index contributed by atoms with van der Waals surface area (Å²) in [4.78, 5) is 36.2. The van der Waals surface area contributed by atoms with E-state index in [2.05, 4.69) is 16.0 Å². The summed E-state index contributed by atoms with van der Waals surface area (Å²) in [6.45, 7) is 3.85. The third-order valence-electron chi connectivity index (χ3n) is 3.27. The summed E-state index contributed by atoms with van der Waals surface area (Å²) in [6, 6.07) is -0.309. The van der Waals surface area contributed by atoms with Gasteiger partial charge in [0.05, 0.1) is 19.1 Å². The average Bonchev–Trinajstić information content (AvgIpc) is 2.44. The Labute approximate surface area is 120 Å². The second-order valence-corrected chi connectivity index (χ2v) is 4.80. The van der Waals surface area contributed by atoms with E-state index in [1.807, 2.05) is 13.8 Å². The molecule has 0 aromatic heterocycles. The van der Waals surface area contributed by atoms with Crippen LogP contribution in [-0.2, 0) is 14.4 Å². The first-order chi connectivity index (χ1) is 9.37. The van der Waals surface area contributed by atoms with Crippen LogP contribution in [0.1, 0.15) is 20.3 Å². The molecule has 3 amide bonds. The molecular weight excluding hydrogens is 260 g/mol. The van der Waals surface area contributed by atoms with Crippen molar-refractivity contribution in [2.45, 2.75) is 26.3 Å². The smallest absolute Gasteiger partial charge is 0.240 e. The molecule has 0 radical (unpaired) electrons. The number of carbonyl (C=O) groups excluding carboxylic acids is 3. The van der Waals surface area contributed by atoms with Gasteiger partial charge in [0, 0.05) is 14.1 Å². The summed E-state index contributed by atoms with van der Waals surface area (Å²) in [5.41, 5.74) is 0. The van der Waals surface area contributed by atoms with Crippen LogP contribution >= 0.6 is 0 Å². The van der Waals surface area contributed by atoms with Crippen LogP contribution in [0.3, 0.4) is 0 Å². The van der Waals surface area contributed by atoms with Gasteiger partial charge in [0.25, 0.3) is 0 Å². The van der Waals surface area contributed by atoms with Gasteiger partial charge in [-0.2, -0.15) is 0 Å². The van der Waals surface area contributed by atoms with Gasteiger partial charge in [0.15, 0.2) is 0 Å². The predicted molar refractivity (Wildman–Crippen MR) is 77.0 cm³/mol. The molecule has 0 bridgehead atoms. The van der Waals surface area contributed by atoms with Crippen molar-refractivity contribution in [3.8, 4) is 0 Å². The summed E-state index contributed by atoms with van der Waals surface area (Å²) in [5.74, 6) is -0.579. The first kappa shape index (κ1) is 18.4. The van der Waals surface area contributed by atoms with Gasteiger partial charge in [-0.1, -0.05) is 20.3 Å². The van der Waals surface area contributed by atoms with E-state index in [-0.39, 0.29) is 42.8 Å². The van der Waals surface area contributed by atoms with E-state index in [1.165, 1.54) is 11.9 Å². The highest BCUT2D eigenvalue weighted by atomic mass is 16.2. The highest BCUT2D eigenvalue weighted by Gasteiger charge is 2.26. The van der Waals surface area contributed by atoms with Crippen LogP contribution in [-0.4, -0.2) is 62.9 Å². The predicted octanol–water partition coefficient (Wildman–Crippen LogP) is -1.06. The Morgan fingerprint density at radius 1 is 1.15 bits per heavy atom. The summed E-state index contributed by atoms with van der Waals surface area (Å²) in [6.07, 6.45) is 0.869. The fraction of sp³-hybridized carbons (Fsp3) is 0.769. The monoisotopic (exact) mass is 286 g/mol. The van der Waals surface area contributed by atoms with Crippen molar-refractivity contribution in [3.63, 3.8) is 0 Å².